The summed E-state index contributed by atoms with van der Waals surface area (Å²) in [7, 11) is 0. The Kier molecular flexibility index (Phi) is 3.96. The molecule has 2 unspecified atom stereocenters. The molecule has 7 nitrogen and oxygen atoms in total. The lowest BCUT2D eigenvalue weighted by Gasteiger charge is -2.34. The maximum absolute atomic E-state index is 12.0. The van der Waals surface area contributed by atoms with Gasteiger partial charge in [-0.15, -0.1) is 0 Å². The number of carbonyl (C=O) groups excluding carboxylic acids is 1. The van der Waals surface area contributed by atoms with Gasteiger partial charge in [0.1, 0.15) is 0 Å². The Hall–Kier alpha value is -1.73. The number of nitrogens with one attached hydrogen (secondary N) is 1. The van der Waals surface area contributed by atoms with Gasteiger partial charge in [0.25, 0.3) is 5.69 Å². The fourth-order valence-electron chi connectivity index (χ4n) is 2.35. The van der Waals surface area contributed by atoms with Crippen molar-refractivity contribution >= 4 is 11.5 Å². The fourth-order valence-corrected chi connectivity index (χ4v) is 2.35. The number of nitrogens with zero attached hydrogens (tertiary/aromatic N) is 2. The van der Waals surface area contributed by atoms with E-state index in [-0.39, 0.29) is 35.9 Å². The number of nitro groups is 1. The summed E-state index contributed by atoms with van der Waals surface area (Å²) in [4.78, 5) is 26.7. The molecule has 104 valence electrons. The van der Waals surface area contributed by atoms with Crippen LogP contribution in [0, 0.1) is 10.1 Å². The molecular formula is C12H17N3O4. The fraction of sp³-hybridized carbons (Fsp3) is 0.583. The summed E-state index contributed by atoms with van der Waals surface area (Å²) in [5.41, 5.74) is 0.186. The number of H-pyrrole nitrogens is 1. The Morgan fingerprint density at radius 3 is 2.68 bits per heavy atom. The number of hydrogen-bond donors (Lipinski definition) is 1. The number of ether oxygens (including phenoxy) is 1. The maximum Gasteiger partial charge on any atom is 0.287 e. The van der Waals surface area contributed by atoms with Crippen LogP contribution in [0.4, 0.5) is 5.69 Å². The van der Waals surface area contributed by atoms with Crippen molar-refractivity contribution in [2.45, 2.75) is 26.1 Å². The number of aromatic nitrogens is 1. The molecule has 1 saturated heterocycles. The average Bonchev–Trinajstić information content (AvgIpc) is 2.76. The van der Waals surface area contributed by atoms with Gasteiger partial charge in [0.2, 0.25) is 0 Å². The molecule has 1 aliphatic heterocycles. The van der Waals surface area contributed by atoms with E-state index in [0.717, 1.165) is 0 Å². The van der Waals surface area contributed by atoms with Crippen LogP contribution >= 0.6 is 0 Å². The first-order chi connectivity index (χ1) is 8.95. The van der Waals surface area contributed by atoms with E-state index in [0.29, 0.717) is 13.1 Å². The van der Waals surface area contributed by atoms with Crippen molar-refractivity contribution in [1.82, 2.24) is 9.88 Å². The largest absolute Gasteiger partial charge is 0.373 e. The van der Waals surface area contributed by atoms with Crippen LogP contribution in [0.15, 0.2) is 12.3 Å². The first-order valence-corrected chi connectivity index (χ1v) is 6.19. The molecule has 19 heavy (non-hydrogen) atoms. The highest BCUT2D eigenvalue weighted by molar-refractivity contribution is 5.96. The minimum Gasteiger partial charge on any atom is -0.373 e. The second kappa shape index (κ2) is 5.50. The van der Waals surface area contributed by atoms with Crippen LogP contribution in [0.25, 0.3) is 0 Å². The summed E-state index contributed by atoms with van der Waals surface area (Å²) in [6, 6.07) is 1.27. The smallest absolute Gasteiger partial charge is 0.287 e. The molecule has 2 rings (SSSR count). The van der Waals surface area contributed by atoms with Crippen molar-refractivity contribution < 1.29 is 14.5 Å². The van der Waals surface area contributed by atoms with Gasteiger partial charge in [-0.2, -0.15) is 0 Å². The molecular weight excluding hydrogens is 250 g/mol. The first-order valence-electron chi connectivity index (χ1n) is 6.19. The predicted molar refractivity (Wildman–Crippen MR) is 68.2 cm³/mol. The second-order valence-corrected chi connectivity index (χ2v) is 4.90. The van der Waals surface area contributed by atoms with E-state index < -0.39 is 4.92 Å². The number of Topliss-reactive ketones (excluding diaryl/α,β-unsaturated/α-hetero) is 1. The molecule has 0 saturated carbocycles. The van der Waals surface area contributed by atoms with Crippen LogP contribution in [-0.4, -0.2) is 52.4 Å². The Labute approximate surface area is 110 Å². The van der Waals surface area contributed by atoms with Crippen molar-refractivity contribution in [2.75, 3.05) is 19.6 Å². The number of morpholine rings is 1. The third-order valence-electron chi connectivity index (χ3n) is 3.04. The number of ketones is 1. The Morgan fingerprint density at radius 1 is 1.53 bits per heavy atom. The van der Waals surface area contributed by atoms with Gasteiger partial charge >= 0.3 is 0 Å². The third kappa shape index (κ3) is 3.39. The highest BCUT2D eigenvalue weighted by Gasteiger charge is 2.25. The number of carbonyl (C=O) groups is 1. The standard InChI is InChI=1S/C12H17N3O4/c1-8-5-14(6-9(2)19-8)7-12(16)11-3-10(4-13-11)15(17)18/h3-4,8-9,13H,5-7H2,1-2H3. The second-order valence-electron chi connectivity index (χ2n) is 4.90. The van der Waals surface area contributed by atoms with Gasteiger partial charge in [-0.1, -0.05) is 0 Å². The molecule has 1 fully saturated rings. The molecule has 1 N–H and O–H groups in total. The molecule has 1 aromatic rings. The Morgan fingerprint density at radius 2 is 2.16 bits per heavy atom. The normalized spacial score (nSPS) is 24.3. The van der Waals surface area contributed by atoms with Gasteiger partial charge in [-0.25, -0.2) is 0 Å². The zero-order valence-electron chi connectivity index (χ0n) is 11.0. The molecule has 0 aliphatic carbocycles. The van der Waals surface area contributed by atoms with Gasteiger partial charge in [0, 0.05) is 19.2 Å². The SMILES string of the molecule is CC1CN(CC(=O)c2cc([N+](=O)[O-])c[nH]2)CC(C)O1. The van der Waals surface area contributed by atoms with Crippen LogP contribution in [0.3, 0.4) is 0 Å². The first kappa shape index (κ1) is 13.7. The van der Waals surface area contributed by atoms with Crippen LogP contribution in [-0.2, 0) is 4.74 Å². The highest BCUT2D eigenvalue weighted by Crippen LogP contribution is 2.15. The monoisotopic (exact) mass is 267 g/mol. The van der Waals surface area contributed by atoms with Crippen molar-refractivity contribution in [3.05, 3.63) is 28.1 Å². The van der Waals surface area contributed by atoms with Crippen LogP contribution < -0.4 is 0 Å². The van der Waals surface area contributed by atoms with Crippen molar-refractivity contribution in [1.29, 1.82) is 0 Å². The summed E-state index contributed by atoms with van der Waals surface area (Å²) < 4.78 is 5.59. The summed E-state index contributed by atoms with van der Waals surface area (Å²) in [6.07, 6.45) is 1.42. The molecule has 2 heterocycles. The van der Waals surface area contributed by atoms with Crippen LogP contribution in [0.2, 0.25) is 0 Å². The van der Waals surface area contributed by atoms with Gasteiger partial charge in [-0.3, -0.25) is 19.8 Å². The summed E-state index contributed by atoms with van der Waals surface area (Å²) >= 11 is 0. The minimum atomic E-state index is -0.522. The van der Waals surface area contributed by atoms with Gasteiger partial charge in [-0.05, 0) is 13.8 Å². The van der Waals surface area contributed by atoms with Gasteiger partial charge < -0.3 is 9.72 Å². The number of hydrogen-bond acceptors (Lipinski definition) is 5. The van der Waals surface area contributed by atoms with Crippen LogP contribution in [0.5, 0.6) is 0 Å². The van der Waals surface area contributed by atoms with E-state index in [9.17, 15) is 14.9 Å². The molecule has 1 aromatic heterocycles. The Bertz CT molecular complexity index is 475. The summed E-state index contributed by atoms with van der Waals surface area (Å²) in [6.45, 7) is 5.56. The van der Waals surface area contributed by atoms with E-state index in [2.05, 4.69) is 4.98 Å². The molecule has 0 spiro atoms. The van der Waals surface area contributed by atoms with Gasteiger partial charge in [0.15, 0.2) is 5.78 Å². The molecule has 0 aromatic carbocycles. The van der Waals surface area contributed by atoms with Crippen LogP contribution in [0.1, 0.15) is 24.3 Å². The molecule has 2 atom stereocenters. The highest BCUT2D eigenvalue weighted by atomic mass is 16.6. The van der Waals surface area contributed by atoms with Gasteiger partial charge in [0.05, 0.1) is 35.6 Å². The lowest BCUT2D eigenvalue weighted by molar-refractivity contribution is -0.384. The van der Waals surface area contributed by atoms with E-state index in [1.807, 2.05) is 18.7 Å². The predicted octanol–water partition coefficient (Wildman–Crippen LogP) is 1.21. The quantitative estimate of drug-likeness (QED) is 0.503. The Balaban J connectivity index is 1.98. The molecule has 0 radical (unpaired) electrons. The number of rotatable bonds is 4. The lowest BCUT2D eigenvalue weighted by atomic mass is 10.2. The van der Waals surface area contributed by atoms with Crippen molar-refractivity contribution in [3.63, 3.8) is 0 Å². The molecule has 1 aliphatic rings. The minimum absolute atomic E-state index is 0.0907. The molecule has 7 heteroatoms. The van der Waals surface area contributed by atoms with E-state index in [1.54, 1.807) is 0 Å². The lowest BCUT2D eigenvalue weighted by Crippen LogP contribution is -2.47. The van der Waals surface area contributed by atoms with E-state index >= 15 is 0 Å². The zero-order chi connectivity index (χ0) is 14.0. The van der Waals surface area contributed by atoms with Crippen molar-refractivity contribution in [2.24, 2.45) is 0 Å². The molecule has 0 bridgehead atoms. The maximum atomic E-state index is 12.0. The van der Waals surface area contributed by atoms with Crippen molar-refractivity contribution in [3.8, 4) is 0 Å². The topological polar surface area (TPSA) is 88.5 Å². The summed E-state index contributed by atoms with van der Waals surface area (Å²) in [5, 5.41) is 10.6. The zero-order valence-corrected chi connectivity index (χ0v) is 11.0. The molecule has 0 amide bonds. The van der Waals surface area contributed by atoms with E-state index in [4.69, 9.17) is 4.74 Å². The number of aromatic amines is 1. The third-order valence-corrected chi connectivity index (χ3v) is 3.04. The average molecular weight is 267 g/mol. The van der Waals surface area contributed by atoms with E-state index in [1.165, 1.54) is 12.3 Å². The summed E-state index contributed by atoms with van der Waals surface area (Å²) in [5.74, 6) is -0.144.